The van der Waals surface area contributed by atoms with E-state index in [9.17, 15) is 9.90 Å². The predicted molar refractivity (Wildman–Crippen MR) is 136 cm³/mol. The Kier molecular flexibility index (Phi) is 7.50. The number of aromatic nitrogens is 2. The van der Waals surface area contributed by atoms with Crippen LogP contribution in [0.3, 0.4) is 0 Å². The number of ether oxygens (including phenoxy) is 4. The molecule has 0 aliphatic rings. The van der Waals surface area contributed by atoms with E-state index >= 15 is 0 Å². The van der Waals surface area contributed by atoms with Crippen molar-refractivity contribution in [2.75, 3.05) is 26.6 Å². The molecule has 0 unspecified atom stereocenters. The van der Waals surface area contributed by atoms with Crippen molar-refractivity contribution in [3.05, 3.63) is 78.1 Å². The van der Waals surface area contributed by atoms with E-state index in [4.69, 9.17) is 18.9 Å². The Bertz CT molecular complexity index is 1410. The van der Waals surface area contributed by atoms with Gasteiger partial charge >= 0.3 is 5.97 Å². The first-order chi connectivity index (χ1) is 17.5. The molecule has 1 heterocycles. The molecule has 0 spiro atoms. The molecule has 9 heteroatoms. The van der Waals surface area contributed by atoms with Crippen molar-refractivity contribution in [2.24, 2.45) is 0 Å². The Morgan fingerprint density at radius 3 is 2.53 bits per heavy atom. The van der Waals surface area contributed by atoms with Crippen LogP contribution in [-0.4, -0.2) is 42.4 Å². The van der Waals surface area contributed by atoms with Gasteiger partial charge in [-0.15, -0.1) is 0 Å². The third-order valence-corrected chi connectivity index (χ3v) is 5.37. The Morgan fingerprint density at radius 1 is 1.00 bits per heavy atom. The molecular formula is C27H25N3O6. The van der Waals surface area contributed by atoms with E-state index in [0.29, 0.717) is 51.8 Å². The zero-order valence-corrected chi connectivity index (χ0v) is 20.0. The number of nitrogens with zero attached hydrogens (tertiary/aromatic N) is 2. The molecular weight excluding hydrogens is 462 g/mol. The molecule has 4 rings (SSSR count). The summed E-state index contributed by atoms with van der Waals surface area (Å²) in [6.45, 7) is 0.331. The first-order valence-corrected chi connectivity index (χ1v) is 11.0. The highest BCUT2D eigenvalue weighted by molar-refractivity contribution is 5.95. The molecule has 0 atom stereocenters. The van der Waals surface area contributed by atoms with Crippen molar-refractivity contribution in [2.45, 2.75) is 6.61 Å². The van der Waals surface area contributed by atoms with E-state index in [1.54, 1.807) is 24.3 Å². The van der Waals surface area contributed by atoms with Gasteiger partial charge in [0.1, 0.15) is 18.8 Å². The van der Waals surface area contributed by atoms with Gasteiger partial charge in [0.25, 0.3) is 0 Å². The van der Waals surface area contributed by atoms with Crippen molar-refractivity contribution in [1.82, 2.24) is 9.97 Å². The number of anilines is 2. The molecule has 0 amide bonds. The summed E-state index contributed by atoms with van der Waals surface area (Å²) < 4.78 is 21.7. The van der Waals surface area contributed by atoms with Crippen molar-refractivity contribution < 1.29 is 28.8 Å². The number of hydrogen-bond donors (Lipinski definition) is 2. The van der Waals surface area contributed by atoms with Crippen LogP contribution in [0.4, 0.5) is 11.5 Å². The van der Waals surface area contributed by atoms with Gasteiger partial charge in [0.15, 0.2) is 23.0 Å². The summed E-state index contributed by atoms with van der Waals surface area (Å²) in [6, 6.07) is 16.4. The number of phenolic OH excluding ortho intramolecular Hbond substituents is 1. The lowest BCUT2D eigenvalue weighted by molar-refractivity contribution is -0.134. The van der Waals surface area contributed by atoms with Gasteiger partial charge in [-0.05, 0) is 29.8 Å². The van der Waals surface area contributed by atoms with E-state index in [1.165, 1.54) is 39.8 Å². The minimum absolute atomic E-state index is 0.0550. The van der Waals surface area contributed by atoms with Crippen LogP contribution in [0.15, 0.2) is 67.0 Å². The number of rotatable bonds is 9. The standard InChI is InChI=1S/C27H25N3O6/c1-33-23-14-20-19(13-21(23)31)27(29-16-28-20)30-25-18(10-12-24(32)34-2)9-11-22(26(25)35-3)36-15-17-7-5-4-6-8-17/h4-14,16,31H,15H2,1-3H3,(H,28,29,30)/b12-10+. The van der Waals surface area contributed by atoms with Crippen molar-refractivity contribution >= 4 is 34.5 Å². The second kappa shape index (κ2) is 11.1. The summed E-state index contributed by atoms with van der Waals surface area (Å²) in [5.41, 5.74) is 2.67. The second-order valence-corrected chi connectivity index (χ2v) is 7.58. The van der Waals surface area contributed by atoms with Crippen molar-refractivity contribution in [1.29, 1.82) is 0 Å². The van der Waals surface area contributed by atoms with Gasteiger partial charge in [-0.1, -0.05) is 30.3 Å². The molecule has 9 nitrogen and oxygen atoms in total. The Morgan fingerprint density at radius 2 is 1.81 bits per heavy atom. The molecule has 3 aromatic carbocycles. The SMILES string of the molecule is COC(=O)/C=C/c1ccc(OCc2ccccc2)c(OC)c1Nc1ncnc2cc(OC)c(O)cc12. The van der Waals surface area contributed by atoms with Gasteiger partial charge in [0.05, 0.1) is 32.5 Å². The normalized spacial score (nSPS) is 10.9. The predicted octanol–water partition coefficient (Wildman–Crippen LogP) is 4.86. The Labute approximate surface area is 207 Å². The molecule has 2 N–H and O–H groups in total. The molecule has 36 heavy (non-hydrogen) atoms. The maximum Gasteiger partial charge on any atom is 0.330 e. The lowest BCUT2D eigenvalue weighted by atomic mass is 10.1. The van der Waals surface area contributed by atoms with E-state index in [0.717, 1.165) is 5.56 Å². The van der Waals surface area contributed by atoms with Crippen LogP contribution in [0.25, 0.3) is 17.0 Å². The zero-order chi connectivity index (χ0) is 25.5. The van der Waals surface area contributed by atoms with E-state index in [2.05, 4.69) is 15.3 Å². The molecule has 0 aliphatic heterocycles. The number of nitrogens with one attached hydrogen (secondary N) is 1. The largest absolute Gasteiger partial charge is 0.504 e. The topological polar surface area (TPSA) is 112 Å². The molecule has 4 aromatic rings. The van der Waals surface area contributed by atoms with Gasteiger partial charge in [0.2, 0.25) is 0 Å². The number of methoxy groups -OCH3 is 3. The van der Waals surface area contributed by atoms with E-state index in [-0.39, 0.29) is 5.75 Å². The maximum absolute atomic E-state index is 11.8. The molecule has 0 aliphatic carbocycles. The van der Waals surface area contributed by atoms with Gasteiger partial charge in [-0.25, -0.2) is 14.8 Å². The number of aromatic hydroxyl groups is 1. The van der Waals surface area contributed by atoms with Gasteiger partial charge in [0, 0.05) is 23.1 Å². The molecule has 184 valence electrons. The number of phenols is 1. The number of fused-ring (bicyclic) bond motifs is 1. The smallest absolute Gasteiger partial charge is 0.330 e. The molecule has 0 saturated heterocycles. The fraction of sp³-hybridized carbons (Fsp3) is 0.148. The van der Waals surface area contributed by atoms with Crippen molar-refractivity contribution in [3.8, 4) is 23.0 Å². The molecule has 0 radical (unpaired) electrons. The summed E-state index contributed by atoms with van der Waals surface area (Å²) in [5.74, 6) is 1.03. The fourth-order valence-electron chi connectivity index (χ4n) is 3.58. The van der Waals surface area contributed by atoms with Gasteiger partial charge in [-0.3, -0.25) is 0 Å². The lowest BCUT2D eigenvalue weighted by Crippen LogP contribution is -2.04. The van der Waals surface area contributed by atoms with E-state index < -0.39 is 5.97 Å². The minimum Gasteiger partial charge on any atom is -0.504 e. The van der Waals surface area contributed by atoms with Crippen LogP contribution in [-0.2, 0) is 16.1 Å². The lowest BCUT2D eigenvalue weighted by Gasteiger charge is -2.18. The third kappa shape index (κ3) is 5.30. The number of esters is 1. The highest BCUT2D eigenvalue weighted by Crippen LogP contribution is 2.42. The summed E-state index contributed by atoms with van der Waals surface area (Å²) in [7, 11) is 4.30. The fourth-order valence-corrected chi connectivity index (χ4v) is 3.58. The second-order valence-electron chi connectivity index (χ2n) is 7.58. The Hall–Kier alpha value is -4.79. The van der Waals surface area contributed by atoms with Crippen LogP contribution in [0.1, 0.15) is 11.1 Å². The summed E-state index contributed by atoms with van der Waals surface area (Å²) >= 11 is 0. The van der Waals surface area contributed by atoms with Crippen LogP contribution in [0, 0.1) is 0 Å². The molecule has 0 fully saturated rings. The minimum atomic E-state index is -0.506. The van der Waals surface area contributed by atoms with Crippen molar-refractivity contribution in [3.63, 3.8) is 0 Å². The summed E-state index contributed by atoms with van der Waals surface area (Å²) in [5, 5.41) is 14.2. The quantitative estimate of drug-likeness (QED) is 0.252. The first-order valence-electron chi connectivity index (χ1n) is 11.0. The average molecular weight is 488 g/mol. The van der Waals surface area contributed by atoms with Crippen LogP contribution in [0.2, 0.25) is 0 Å². The Balaban J connectivity index is 1.79. The zero-order valence-electron chi connectivity index (χ0n) is 20.0. The number of benzene rings is 3. The summed E-state index contributed by atoms with van der Waals surface area (Å²) in [4.78, 5) is 20.4. The van der Waals surface area contributed by atoms with Gasteiger partial charge in [-0.2, -0.15) is 0 Å². The highest BCUT2D eigenvalue weighted by Gasteiger charge is 2.18. The summed E-state index contributed by atoms with van der Waals surface area (Å²) in [6.07, 6.45) is 4.30. The number of carbonyl (C=O) groups is 1. The maximum atomic E-state index is 11.8. The third-order valence-electron chi connectivity index (χ3n) is 5.37. The van der Waals surface area contributed by atoms with Gasteiger partial charge < -0.3 is 29.4 Å². The molecule has 1 aromatic heterocycles. The van der Waals surface area contributed by atoms with Crippen LogP contribution < -0.4 is 19.5 Å². The molecule has 0 bridgehead atoms. The highest BCUT2D eigenvalue weighted by atomic mass is 16.5. The monoisotopic (exact) mass is 487 g/mol. The van der Waals surface area contributed by atoms with Crippen LogP contribution >= 0.6 is 0 Å². The number of hydrogen-bond acceptors (Lipinski definition) is 9. The first kappa shape index (κ1) is 24.3. The van der Waals surface area contributed by atoms with Crippen LogP contribution in [0.5, 0.6) is 23.0 Å². The van der Waals surface area contributed by atoms with E-state index in [1.807, 2.05) is 30.3 Å². The average Bonchev–Trinajstić information content (AvgIpc) is 2.91. The molecule has 0 saturated carbocycles. The number of carbonyl (C=O) groups excluding carboxylic acids is 1.